The highest BCUT2D eigenvalue weighted by atomic mass is 16.7. The number of carbonyl (C=O) groups is 2. The Morgan fingerprint density at radius 1 is 0.521 bits per heavy atom. The second kappa shape index (κ2) is 50.9. The third-order valence-corrected chi connectivity index (χ3v) is 14.9. The van der Waals surface area contributed by atoms with Crippen molar-refractivity contribution in [1.82, 2.24) is 5.32 Å². The summed E-state index contributed by atoms with van der Waals surface area (Å²) in [6.07, 6.45) is 47.9. The van der Waals surface area contributed by atoms with Gasteiger partial charge >= 0.3 is 5.97 Å². The van der Waals surface area contributed by atoms with Gasteiger partial charge in [0.1, 0.15) is 24.4 Å². The molecule has 0 aromatic rings. The van der Waals surface area contributed by atoms with E-state index < -0.39 is 67.4 Å². The van der Waals surface area contributed by atoms with Gasteiger partial charge in [-0.25, -0.2) is 0 Å². The van der Waals surface area contributed by atoms with Crippen molar-refractivity contribution in [3.05, 3.63) is 24.3 Å². The molecule has 1 heterocycles. The van der Waals surface area contributed by atoms with E-state index in [1.54, 1.807) is 6.08 Å². The number of unbranched alkanes of at least 4 members (excludes halogenated alkanes) is 37. The van der Waals surface area contributed by atoms with Crippen LogP contribution in [-0.4, -0.2) is 99.6 Å². The lowest BCUT2D eigenvalue weighted by molar-refractivity contribution is -0.305. The van der Waals surface area contributed by atoms with E-state index >= 15 is 0 Å². The standard InChI is InChI=1S/C62H117NO10/c1-4-7-10-13-16-19-22-25-26-27-28-29-30-32-35-38-41-44-47-50-57(67)73-60-59(69)58(68)56(51-64)72-62(60)71-52-53(54(65)48-45-42-39-36-33-24-21-18-15-12-9-6-3)63-61(70)55(66)49-46-43-40-37-34-31-23-20-17-14-11-8-5-2/h34,37,45,48,53-56,58-60,62,64-66,68-69H,4-33,35-36,38-44,46-47,49-52H2,1-3H3,(H,63,70)/b37-34-,48-45+. The third kappa shape index (κ3) is 39.2. The second-order valence-corrected chi connectivity index (χ2v) is 21.8. The summed E-state index contributed by atoms with van der Waals surface area (Å²) in [6, 6.07) is -1.03. The van der Waals surface area contributed by atoms with E-state index in [9.17, 15) is 35.1 Å². The van der Waals surface area contributed by atoms with Crippen LogP contribution in [0.2, 0.25) is 0 Å². The summed E-state index contributed by atoms with van der Waals surface area (Å²) >= 11 is 0. The van der Waals surface area contributed by atoms with Crippen molar-refractivity contribution in [3.8, 4) is 0 Å². The monoisotopic (exact) mass is 1040 g/mol. The number of amides is 1. The number of esters is 1. The minimum atomic E-state index is -1.61. The Morgan fingerprint density at radius 2 is 0.904 bits per heavy atom. The maximum atomic E-state index is 13.4. The number of nitrogens with one attached hydrogen (secondary N) is 1. The molecule has 11 nitrogen and oxygen atoms in total. The zero-order valence-electron chi connectivity index (χ0n) is 47.5. The molecule has 0 aromatic carbocycles. The number of aliphatic hydroxyl groups is 5. The van der Waals surface area contributed by atoms with Crippen LogP contribution in [0, 0.1) is 0 Å². The van der Waals surface area contributed by atoms with Gasteiger partial charge in [-0.1, -0.05) is 263 Å². The molecule has 8 atom stereocenters. The Kier molecular flexibility index (Phi) is 48.2. The highest BCUT2D eigenvalue weighted by molar-refractivity contribution is 5.80. The van der Waals surface area contributed by atoms with E-state index in [2.05, 4.69) is 38.2 Å². The molecule has 0 saturated carbocycles. The molecular weight excluding hydrogens is 919 g/mol. The summed E-state index contributed by atoms with van der Waals surface area (Å²) in [7, 11) is 0. The van der Waals surface area contributed by atoms with Gasteiger partial charge in [-0.2, -0.15) is 0 Å². The maximum Gasteiger partial charge on any atom is 0.306 e. The summed E-state index contributed by atoms with van der Waals surface area (Å²) in [6.45, 7) is 5.79. The molecule has 0 aliphatic carbocycles. The first kappa shape index (κ1) is 69.2. The molecule has 1 amide bonds. The van der Waals surface area contributed by atoms with Crippen LogP contribution in [0.1, 0.15) is 297 Å². The molecule has 0 radical (unpaired) electrons. The first-order chi connectivity index (χ1) is 35.7. The SMILES string of the molecule is CCCCCCCCC/C=C\CCCCC(O)C(=O)NC(COC1OC(CO)C(O)C(O)C1OC(=O)CCCCCCCCCCCCCCCCCCCCC)C(O)/C=C/CCCCCCCCCCCC. The molecule has 1 rings (SSSR count). The van der Waals surface area contributed by atoms with Gasteiger partial charge in [-0.3, -0.25) is 9.59 Å². The molecular formula is C62H117NO10. The number of rotatable bonds is 53. The van der Waals surface area contributed by atoms with Crippen molar-refractivity contribution in [2.75, 3.05) is 13.2 Å². The number of allylic oxidation sites excluding steroid dienone is 3. The van der Waals surface area contributed by atoms with Gasteiger partial charge in [-0.05, 0) is 51.4 Å². The van der Waals surface area contributed by atoms with Crippen molar-refractivity contribution >= 4 is 11.9 Å². The fourth-order valence-corrected chi connectivity index (χ4v) is 9.88. The summed E-state index contributed by atoms with van der Waals surface area (Å²) in [5.74, 6) is -1.20. The largest absolute Gasteiger partial charge is 0.454 e. The molecule has 1 aliphatic rings. The predicted molar refractivity (Wildman–Crippen MR) is 301 cm³/mol. The second-order valence-electron chi connectivity index (χ2n) is 21.8. The van der Waals surface area contributed by atoms with Gasteiger partial charge in [0, 0.05) is 6.42 Å². The lowest BCUT2D eigenvalue weighted by Gasteiger charge is -2.41. The molecule has 11 heteroatoms. The van der Waals surface area contributed by atoms with Gasteiger partial charge in [0.25, 0.3) is 0 Å². The van der Waals surface area contributed by atoms with Crippen LogP contribution in [0.3, 0.4) is 0 Å². The molecule has 1 saturated heterocycles. The fraction of sp³-hybridized carbons (Fsp3) is 0.903. The number of ether oxygens (including phenoxy) is 3. The lowest BCUT2D eigenvalue weighted by atomic mass is 9.99. The van der Waals surface area contributed by atoms with Crippen LogP contribution in [0.5, 0.6) is 0 Å². The Balaban J connectivity index is 2.66. The summed E-state index contributed by atoms with van der Waals surface area (Å²) < 4.78 is 17.6. The van der Waals surface area contributed by atoms with Crippen molar-refractivity contribution in [2.24, 2.45) is 0 Å². The Bertz CT molecular complexity index is 1280. The molecule has 0 spiro atoms. The Labute approximate surface area is 448 Å². The molecule has 1 fully saturated rings. The molecule has 1 aliphatic heterocycles. The van der Waals surface area contributed by atoms with Gasteiger partial charge in [0.05, 0.1) is 25.4 Å². The summed E-state index contributed by atoms with van der Waals surface area (Å²) in [4.78, 5) is 26.5. The van der Waals surface area contributed by atoms with Gasteiger partial charge in [0.15, 0.2) is 12.4 Å². The van der Waals surface area contributed by atoms with Crippen LogP contribution in [0.15, 0.2) is 24.3 Å². The molecule has 430 valence electrons. The van der Waals surface area contributed by atoms with Crippen molar-refractivity contribution in [3.63, 3.8) is 0 Å². The van der Waals surface area contributed by atoms with Gasteiger partial charge in [0.2, 0.25) is 5.91 Å². The average molecular weight is 1040 g/mol. The van der Waals surface area contributed by atoms with Crippen molar-refractivity contribution < 1.29 is 49.3 Å². The number of aliphatic hydroxyl groups excluding tert-OH is 5. The Morgan fingerprint density at radius 3 is 1.33 bits per heavy atom. The quantitative estimate of drug-likeness (QED) is 0.0195. The Hall–Kier alpha value is -1.86. The minimum Gasteiger partial charge on any atom is -0.454 e. The number of hydrogen-bond donors (Lipinski definition) is 6. The van der Waals surface area contributed by atoms with E-state index in [0.717, 1.165) is 57.8 Å². The van der Waals surface area contributed by atoms with Crippen LogP contribution in [0.25, 0.3) is 0 Å². The van der Waals surface area contributed by atoms with E-state index in [1.807, 2.05) is 6.08 Å². The topological polar surface area (TPSA) is 175 Å². The van der Waals surface area contributed by atoms with E-state index in [1.165, 1.54) is 193 Å². The molecule has 8 unspecified atom stereocenters. The highest BCUT2D eigenvalue weighted by Crippen LogP contribution is 2.26. The lowest BCUT2D eigenvalue weighted by Crippen LogP contribution is -2.61. The normalized spacial score (nSPS) is 19.5. The number of carbonyl (C=O) groups excluding carboxylic acids is 2. The van der Waals surface area contributed by atoms with Crippen LogP contribution >= 0.6 is 0 Å². The predicted octanol–water partition coefficient (Wildman–Crippen LogP) is 14.5. The van der Waals surface area contributed by atoms with E-state index in [4.69, 9.17) is 14.2 Å². The van der Waals surface area contributed by atoms with Gasteiger partial charge in [-0.15, -0.1) is 0 Å². The average Bonchev–Trinajstić information content (AvgIpc) is 3.39. The maximum absolute atomic E-state index is 13.4. The summed E-state index contributed by atoms with van der Waals surface area (Å²) in [5, 5.41) is 56.9. The zero-order valence-corrected chi connectivity index (χ0v) is 47.5. The van der Waals surface area contributed by atoms with E-state index in [-0.39, 0.29) is 19.4 Å². The van der Waals surface area contributed by atoms with Gasteiger partial charge < -0.3 is 45.1 Å². The minimum absolute atomic E-state index is 0.128. The molecule has 0 bridgehead atoms. The smallest absolute Gasteiger partial charge is 0.306 e. The van der Waals surface area contributed by atoms with E-state index in [0.29, 0.717) is 12.8 Å². The van der Waals surface area contributed by atoms with Crippen LogP contribution in [-0.2, 0) is 23.8 Å². The molecule has 0 aromatic heterocycles. The van der Waals surface area contributed by atoms with Crippen molar-refractivity contribution in [1.29, 1.82) is 0 Å². The number of hydrogen-bond acceptors (Lipinski definition) is 10. The third-order valence-electron chi connectivity index (χ3n) is 14.9. The fourth-order valence-electron chi connectivity index (χ4n) is 9.88. The van der Waals surface area contributed by atoms with Crippen LogP contribution < -0.4 is 5.32 Å². The molecule has 73 heavy (non-hydrogen) atoms. The van der Waals surface area contributed by atoms with Crippen molar-refractivity contribution in [2.45, 2.75) is 346 Å². The van der Waals surface area contributed by atoms with Crippen LogP contribution in [0.4, 0.5) is 0 Å². The first-order valence-electron chi connectivity index (χ1n) is 31.1. The summed E-state index contributed by atoms with van der Waals surface area (Å²) in [5.41, 5.74) is 0. The zero-order chi connectivity index (χ0) is 53.3. The first-order valence-corrected chi connectivity index (χ1v) is 31.1. The molecule has 6 N–H and O–H groups in total. The highest BCUT2D eigenvalue weighted by Gasteiger charge is 2.47.